The van der Waals surface area contributed by atoms with Gasteiger partial charge in [-0.1, -0.05) is 32.4 Å². The van der Waals surface area contributed by atoms with Gasteiger partial charge in [0.2, 0.25) is 0 Å². The molecule has 0 saturated carbocycles. The van der Waals surface area contributed by atoms with Crippen LogP contribution < -0.4 is 0 Å². The van der Waals surface area contributed by atoms with Crippen LogP contribution in [-0.2, 0) is 0 Å². The Kier molecular flexibility index (Phi) is 2.84. The summed E-state index contributed by atoms with van der Waals surface area (Å²) in [5, 5.41) is 8.82. The molecule has 2 rings (SSSR count). The molecule has 86 valence electrons. The molecular weight excluding hydrogens is 224 g/mol. The highest BCUT2D eigenvalue weighted by molar-refractivity contribution is 6.29. The van der Waals surface area contributed by atoms with Crippen LogP contribution in [0.3, 0.4) is 0 Å². The predicted molar refractivity (Wildman–Crippen MR) is 63.8 cm³/mol. The molecule has 2 heterocycles. The van der Waals surface area contributed by atoms with Gasteiger partial charge in [0.25, 0.3) is 0 Å². The standard InChI is InChI=1S/C11H15ClN4/c1-6(2)7(3)11-15-14-10-5-9(12)13-8(4)16(10)11/h5-7H,1-4H3. The van der Waals surface area contributed by atoms with Gasteiger partial charge in [0.05, 0.1) is 0 Å². The molecule has 0 fully saturated rings. The van der Waals surface area contributed by atoms with Crippen molar-refractivity contribution in [1.82, 2.24) is 19.6 Å². The van der Waals surface area contributed by atoms with Crippen molar-refractivity contribution in [1.29, 1.82) is 0 Å². The van der Waals surface area contributed by atoms with Gasteiger partial charge in [-0.05, 0) is 12.8 Å². The van der Waals surface area contributed by atoms with Crippen LogP contribution in [0.15, 0.2) is 6.07 Å². The van der Waals surface area contributed by atoms with Crippen LogP contribution in [-0.4, -0.2) is 19.6 Å². The Morgan fingerprint density at radius 1 is 1.25 bits per heavy atom. The Hall–Kier alpha value is -1.16. The number of hydrogen-bond donors (Lipinski definition) is 0. The topological polar surface area (TPSA) is 43.1 Å². The zero-order valence-electron chi connectivity index (χ0n) is 9.90. The molecule has 1 atom stereocenters. The van der Waals surface area contributed by atoms with Crippen molar-refractivity contribution < 1.29 is 0 Å². The second-order valence-electron chi connectivity index (χ2n) is 4.41. The molecule has 2 aromatic heterocycles. The van der Waals surface area contributed by atoms with Crippen molar-refractivity contribution >= 4 is 17.2 Å². The summed E-state index contributed by atoms with van der Waals surface area (Å²) in [5.74, 6) is 2.64. The molecule has 16 heavy (non-hydrogen) atoms. The Labute approximate surface area is 99.7 Å². The van der Waals surface area contributed by atoms with Gasteiger partial charge in [-0.2, -0.15) is 0 Å². The summed E-state index contributed by atoms with van der Waals surface area (Å²) in [6, 6.07) is 1.73. The average Bonchev–Trinajstić information content (AvgIpc) is 2.59. The van der Waals surface area contributed by atoms with Gasteiger partial charge in [-0.15, -0.1) is 10.2 Å². The van der Waals surface area contributed by atoms with Crippen molar-refractivity contribution in [3.63, 3.8) is 0 Å². The van der Waals surface area contributed by atoms with Crippen LogP contribution in [0.5, 0.6) is 0 Å². The summed E-state index contributed by atoms with van der Waals surface area (Å²) < 4.78 is 1.97. The molecule has 0 aliphatic rings. The summed E-state index contributed by atoms with van der Waals surface area (Å²) >= 11 is 5.88. The van der Waals surface area contributed by atoms with Crippen LogP contribution in [0, 0.1) is 12.8 Å². The van der Waals surface area contributed by atoms with E-state index in [2.05, 4.69) is 36.0 Å². The van der Waals surface area contributed by atoms with Crippen molar-refractivity contribution in [2.24, 2.45) is 5.92 Å². The molecule has 5 heteroatoms. The zero-order chi connectivity index (χ0) is 11.9. The maximum Gasteiger partial charge on any atom is 0.165 e. The van der Waals surface area contributed by atoms with Gasteiger partial charge in [-0.3, -0.25) is 4.40 Å². The Morgan fingerprint density at radius 3 is 2.56 bits per heavy atom. The van der Waals surface area contributed by atoms with E-state index < -0.39 is 0 Å². The molecule has 0 aliphatic carbocycles. The molecule has 0 bridgehead atoms. The summed E-state index contributed by atoms with van der Waals surface area (Å²) in [6.07, 6.45) is 0. The van der Waals surface area contributed by atoms with E-state index in [0.717, 1.165) is 17.3 Å². The molecule has 0 aliphatic heterocycles. The highest BCUT2D eigenvalue weighted by Crippen LogP contribution is 2.23. The molecule has 4 nitrogen and oxygen atoms in total. The quantitative estimate of drug-likeness (QED) is 0.756. The maximum atomic E-state index is 5.88. The average molecular weight is 239 g/mol. The Bertz CT molecular complexity index is 518. The second-order valence-corrected chi connectivity index (χ2v) is 4.80. The molecular formula is C11H15ClN4. The molecule has 0 aromatic carbocycles. The first kappa shape index (κ1) is 11.3. The Morgan fingerprint density at radius 2 is 1.94 bits per heavy atom. The summed E-state index contributed by atoms with van der Waals surface area (Å²) in [4.78, 5) is 4.22. The van der Waals surface area contributed by atoms with Crippen molar-refractivity contribution in [3.8, 4) is 0 Å². The molecule has 0 saturated heterocycles. The predicted octanol–water partition coefficient (Wildman–Crippen LogP) is 2.85. The molecule has 1 unspecified atom stereocenters. The molecule has 2 aromatic rings. The van der Waals surface area contributed by atoms with E-state index in [0.29, 0.717) is 17.0 Å². The fraction of sp³-hybridized carbons (Fsp3) is 0.545. The first-order chi connectivity index (χ1) is 7.50. The second kappa shape index (κ2) is 4.01. The van der Waals surface area contributed by atoms with Crippen LogP contribution in [0.4, 0.5) is 0 Å². The van der Waals surface area contributed by atoms with E-state index in [1.54, 1.807) is 6.07 Å². The van der Waals surface area contributed by atoms with Crippen LogP contribution in [0.25, 0.3) is 5.65 Å². The van der Waals surface area contributed by atoms with E-state index in [1.807, 2.05) is 11.3 Å². The number of rotatable bonds is 2. The lowest BCUT2D eigenvalue weighted by Crippen LogP contribution is -2.09. The molecule has 0 amide bonds. The van der Waals surface area contributed by atoms with Crippen LogP contribution in [0.1, 0.15) is 38.3 Å². The Balaban J connectivity index is 2.65. The minimum atomic E-state index is 0.344. The van der Waals surface area contributed by atoms with E-state index in [4.69, 9.17) is 11.6 Å². The van der Waals surface area contributed by atoms with Crippen molar-refractivity contribution in [2.75, 3.05) is 0 Å². The monoisotopic (exact) mass is 238 g/mol. The fourth-order valence-corrected chi connectivity index (χ4v) is 1.89. The SMILES string of the molecule is Cc1nc(Cl)cc2nnc(C(C)C(C)C)n12. The van der Waals surface area contributed by atoms with Gasteiger partial charge in [0, 0.05) is 12.0 Å². The van der Waals surface area contributed by atoms with Crippen LogP contribution in [0.2, 0.25) is 5.15 Å². The van der Waals surface area contributed by atoms with Gasteiger partial charge in [0.15, 0.2) is 5.65 Å². The smallest absolute Gasteiger partial charge is 0.165 e. The van der Waals surface area contributed by atoms with E-state index >= 15 is 0 Å². The summed E-state index contributed by atoms with van der Waals surface area (Å²) in [6.45, 7) is 8.41. The number of halogens is 1. The molecule has 0 radical (unpaired) electrons. The van der Waals surface area contributed by atoms with E-state index in [-0.39, 0.29) is 0 Å². The van der Waals surface area contributed by atoms with Gasteiger partial charge in [0.1, 0.15) is 16.8 Å². The fourth-order valence-electron chi connectivity index (χ4n) is 1.67. The van der Waals surface area contributed by atoms with Gasteiger partial charge < -0.3 is 0 Å². The third-order valence-corrected chi connectivity index (χ3v) is 3.15. The minimum absolute atomic E-state index is 0.344. The van der Waals surface area contributed by atoms with Crippen molar-refractivity contribution in [3.05, 3.63) is 22.9 Å². The zero-order valence-corrected chi connectivity index (χ0v) is 10.7. The highest BCUT2D eigenvalue weighted by Gasteiger charge is 2.18. The minimum Gasteiger partial charge on any atom is -0.266 e. The van der Waals surface area contributed by atoms with Gasteiger partial charge >= 0.3 is 0 Å². The van der Waals surface area contributed by atoms with Gasteiger partial charge in [-0.25, -0.2) is 4.98 Å². The number of aromatic nitrogens is 4. The largest absolute Gasteiger partial charge is 0.266 e. The van der Waals surface area contributed by atoms with E-state index in [1.165, 1.54) is 0 Å². The lowest BCUT2D eigenvalue weighted by atomic mass is 9.97. The maximum absolute atomic E-state index is 5.88. The molecule has 0 spiro atoms. The van der Waals surface area contributed by atoms with E-state index in [9.17, 15) is 0 Å². The first-order valence-electron chi connectivity index (χ1n) is 5.39. The highest BCUT2D eigenvalue weighted by atomic mass is 35.5. The van der Waals surface area contributed by atoms with Crippen LogP contribution >= 0.6 is 11.6 Å². The number of aryl methyl sites for hydroxylation is 1. The first-order valence-corrected chi connectivity index (χ1v) is 5.76. The third kappa shape index (κ3) is 1.78. The third-order valence-electron chi connectivity index (χ3n) is 2.96. The summed E-state index contributed by atoms with van der Waals surface area (Å²) in [5.41, 5.74) is 0.764. The van der Waals surface area contributed by atoms with Crippen molar-refractivity contribution in [2.45, 2.75) is 33.6 Å². The summed E-state index contributed by atoms with van der Waals surface area (Å²) in [7, 11) is 0. The lowest BCUT2D eigenvalue weighted by molar-refractivity contribution is 0.504. The number of fused-ring (bicyclic) bond motifs is 1. The normalized spacial score (nSPS) is 13.6. The lowest BCUT2D eigenvalue weighted by Gasteiger charge is -2.14. The molecule has 0 N–H and O–H groups in total. The number of nitrogens with zero attached hydrogens (tertiary/aromatic N) is 4. The number of hydrogen-bond acceptors (Lipinski definition) is 3.